The third kappa shape index (κ3) is 7.23. The number of sulfonamides is 1. The molecular formula is C61H90N4O6S. The molecule has 16 atom stereocenters. The number of hydrogen-bond donors (Lipinski definition) is 2. The molecule has 0 bridgehead atoms. The zero-order valence-electron chi connectivity index (χ0n) is 46.9. The Morgan fingerprint density at radius 2 is 0.903 bits per heavy atom. The summed E-state index contributed by atoms with van der Waals surface area (Å²) in [5.74, 6) is 0.981. The van der Waals surface area contributed by atoms with E-state index in [1.54, 1.807) is 0 Å². The lowest BCUT2D eigenvalue weighted by Gasteiger charge is -2.72. The van der Waals surface area contributed by atoms with E-state index < -0.39 is 31.8 Å². The average Bonchev–Trinajstić information content (AvgIpc) is 3.26. The number of carbonyl (C=O) groups excluding carboxylic acids is 4. The van der Waals surface area contributed by atoms with Gasteiger partial charge in [-0.1, -0.05) is 109 Å². The molecule has 0 heterocycles. The normalized spacial score (nSPS) is 49.2. The maximum Gasteiger partial charge on any atom is 0.209 e. The van der Waals surface area contributed by atoms with Crippen LogP contribution in [-0.4, -0.2) is 48.9 Å². The number of nitrogens with two attached hydrogens (primary N) is 1. The van der Waals surface area contributed by atoms with Gasteiger partial charge in [-0.3, -0.25) is 19.2 Å². The van der Waals surface area contributed by atoms with E-state index in [1.165, 1.54) is 6.26 Å². The zero-order valence-corrected chi connectivity index (χ0v) is 47.7. The van der Waals surface area contributed by atoms with Gasteiger partial charge >= 0.3 is 0 Å². The van der Waals surface area contributed by atoms with Gasteiger partial charge in [-0.05, 0) is 169 Å². The molecule has 0 saturated heterocycles. The number of hydrogen-bond acceptors (Lipinski definition) is 9. The Morgan fingerprint density at radius 3 is 1.33 bits per heavy atom. The van der Waals surface area contributed by atoms with Gasteiger partial charge in [0.1, 0.15) is 23.7 Å². The Morgan fingerprint density at radius 1 is 0.528 bits per heavy atom. The molecule has 3 N–H and O–H groups in total. The van der Waals surface area contributed by atoms with Crippen molar-refractivity contribution in [3.8, 4) is 12.1 Å². The molecule has 0 amide bonds. The second kappa shape index (κ2) is 16.0. The molecule has 0 aromatic heterocycles. The van der Waals surface area contributed by atoms with Crippen LogP contribution in [0.1, 0.15) is 200 Å². The van der Waals surface area contributed by atoms with Gasteiger partial charge in [0.15, 0.2) is 11.6 Å². The minimum absolute atomic E-state index is 0.0184. The van der Waals surface area contributed by atoms with E-state index in [4.69, 9.17) is 5.73 Å². The standard InChI is InChI=1S/C31H46N2O4S.C30H44N2O2/c1-26(2)11-13-31(33-38(8,36)37)14-12-30(7)24(20(31)17-26)21(34)15-23-28(5)16-19(18-32)25(35)27(3,4)22(28)9-10-29(23,30)6;1-25(2)10-12-30(32)13-11-29(7)23(19(30)16-25)20(33)14-22-27(5)15-18(17-31)24(34)26(3,4)21(27)8-9-28(22,29)6/h16,20,22-24,33H,9-15,17H2,1-8H3;15,19,21-23H,8-14,16,32H2,1-7H3/t20-,22-,23+,24-,28-,29+,30+,31-;19-,21-,22+,23-,27-,28+,29+,30-/m00/s1. The highest BCUT2D eigenvalue weighted by atomic mass is 32.2. The van der Waals surface area contributed by atoms with Crippen LogP contribution in [0.25, 0.3) is 0 Å². The Bertz CT molecular complexity index is 2670. The second-order valence-electron chi connectivity index (χ2n) is 30.6. The number of fused-ring (bicyclic) bond motifs is 14. The van der Waals surface area contributed by atoms with Crippen molar-refractivity contribution in [2.24, 2.45) is 107 Å². The SMILES string of the molecule is CC1(C)CC[C@]2(N)CC[C@]3(C)[C@H](C(=O)C[C@@H]4[C@@]5(C)C=C(C#N)C(=O)C(C)(C)[C@@H]5CC[C@]43C)[C@@H]2C1.CC1(C)CC[C@]2(NS(C)(=O)=O)CC[C@]3(C)[C@H](C(=O)C[C@@H]4[C@@]5(C)C=C(C#N)C(=O)C(C)(C)[C@@H]5CC[C@]43C)[C@@H]2C1. The minimum atomic E-state index is -3.44. The summed E-state index contributed by atoms with van der Waals surface area (Å²) < 4.78 is 28.3. The molecule has 72 heavy (non-hydrogen) atoms. The number of allylic oxidation sites excluding steroid dienone is 4. The van der Waals surface area contributed by atoms with Crippen molar-refractivity contribution in [1.29, 1.82) is 10.5 Å². The second-order valence-corrected chi connectivity index (χ2v) is 32.4. The summed E-state index contributed by atoms with van der Waals surface area (Å²) in [6.07, 6.45) is 19.3. The van der Waals surface area contributed by atoms with Gasteiger partial charge in [0.2, 0.25) is 10.0 Å². The molecule has 10 aliphatic carbocycles. The number of ketones is 4. The fraction of sp³-hybridized carbons (Fsp3) is 0.836. The zero-order chi connectivity index (χ0) is 53.4. The van der Waals surface area contributed by atoms with Crippen LogP contribution in [0.5, 0.6) is 0 Å². The molecule has 10 rings (SSSR count). The molecule has 10 aliphatic rings. The Labute approximate surface area is 433 Å². The highest BCUT2D eigenvalue weighted by Crippen LogP contribution is 2.77. The summed E-state index contributed by atoms with van der Waals surface area (Å²) in [4.78, 5) is 55.1. The van der Waals surface area contributed by atoms with Crippen LogP contribution >= 0.6 is 0 Å². The lowest BCUT2D eigenvalue weighted by atomic mass is 9.32. The smallest absolute Gasteiger partial charge is 0.209 e. The largest absolute Gasteiger partial charge is 0.325 e. The predicted octanol–water partition coefficient (Wildman–Crippen LogP) is 11.6. The lowest BCUT2D eigenvalue weighted by Crippen LogP contribution is -2.72. The van der Waals surface area contributed by atoms with Gasteiger partial charge < -0.3 is 5.73 Å². The summed E-state index contributed by atoms with van der Waals surface area (Å²) in [5, 5.41) is 19.7. The van der Waals surface area contributed by atoms with Crippen LogP contribution in [0.15, 0.2) is 23.3 Å². The number of rotatable bonds is 2. The molecule has 8 saturated carbocycles. The third-order valence-electron chi connectivity index (χ3n) is 25.4. The van der Waals surface area contributed by atoms with Crippen molar-refractivity contribution in [3.63, 3.8) is 0 Å². The topological polar surface area (TPSA) is 188 Å². The quantitative estimate of drug-likeness (QED) is 0.271. The average molecular weight is 1010 g/mol. The van der Waals surface area contributed by atoms with Gasteiger partial charge in [0, 0.05) is 46.6 Å². The van der Waals surface area contributed by atoms with Gasteiger partial charge in [-0.2, -0.15) is 10.5 Å². The maximum atomic E-state index is 14.5. The molecular weight excluding hydrogens is 917 g/mol. The highest BCUT2D eigenvalue weighted by molar-refractivity contribution is 7.88. The first-order chi connectivity index (χ1) is 32.8. The van der Waals surface area contributed by atoms with E-state index in [0.29, 0.717) is 24.2 Å². The number of nitrogens with one attached hydrogen (secondary N) is 1. The minimum Gasteiger partial charge on any atom is -0.325 e. The Hall–Kier alpha value is -2.99. The van der Waals surface area contributed by atoms with Crippen molar-refractivity contribution in [3.05, 3.63) is 23.3 Å². The van der Waals surface area contributed by atoms with Crippen LogP contribution in [0.3, 0.4) is 0 Å². The van der Waals surface area contributed by atoms with Crippen LogP contribution in [0.2, 0.25) is 0 Å². The van der Waals surface area contributed by atoms with E-state index in [-0.39, 0.29) is 114 Å². The molecule has 10 nitrogen and oxygen atoms in total. The summed E-state index contributed by atoms with van der Waals surface area (Å²) >= 11 is 0. The van der Waals surface area contributed by atoms with Crippen molar-refractivity contribution in [2.75, 3.05) is 6.26 Å². The van der Waals surface area contributed by atoms with Gasteiger partial charge in [-0.15, -0.1) is 0 Å². The van der Waals surface area contributed by atoms with E-state index in [1.807, 2.05) is 39.8 Å². The molecule has 0 aliphatic heterocycles. The summed E-state index contributed by atoms with van der Waals surface area (Å²) in [7, 11) is -3.44. The van der Waals surface area contributed by atoms with Crippen LogP contribution in [0, 0.1) is 124 Å². The Balaban J connectivity index is 0.000000179. The van der Waals surface area contributed by atoms with Gasteiger partial charge in [0.05, 0.1) is 17.4 Å². The number of Topliss-reactive ketones (excluding diaryl/α,β-unsaturated/α-hetero) is 4. The molecule has 0 aromatic rings. The molecule has 0 aromatic carbocycles. The van der Waals surface area contributed by atoms with E-state index in [0.717, 1.165) is 89.9 Å². The van der Waals surface area contributed by atoms with E-state index in [2.05, 4.69) is 86.1 Å². The molecule has 0 spiro atoms. The van der Waals surface area contributed by atoms with E-state index in [9.17, 15) is 38.1 Å². The van der Waals surface area contributed by atoms with Crippen LogP contribution in [-0.2, 0) is 29.2 Å². The summed E-state index contributed by atoms with van der Waals surface area (Å²) in [5.41, 5.74) is 4.58. The van der Waals surface area contributed by atoms with Crippen molar-refractivity contribution >= 4 is 33.2 Å². The Kier molecular flexibility index (Phi) is 12.0. The lowest BCUT2D eigenvalue weighted by molar-refractivity contribution is -0.214. The molecule has 8 fully saturated rings. The predicted molar refractivity (Wildman–Crippen MR) is 281 cm³/mol. The molecule has 0 unspecified atom stereocenters. The molecule has 0 radical (unpaired) electrons. The third-order valence-corrected chi connectivity index (χ3v) is 26.2. The first-order valence-electron chi connectivity index (χ1n) is 28.0. The summed E-state index contributed by atoms with van der Waals surface area (Å²) in [6.45, 7) is 31.2. The van der Waals surface area contributed by atoms with Crippen LogP contribution < -0.4 is 10.5 Å². The van der Waals surface area contributed by atoms with Gasteiger partial charge in [0.25, 0.3) is 0 Å². The molecule has 11 heteroatoms. The monoisotopic (exact) mass is 1010 g/mol. The van der Waals surface area contributed by atoms with E-state index >= 15 is 0 Å². The van der Waals surface area contributed by atoms with Crippen molar-refractivity contribution < 1.29 is 27.6 Å². The fourth-order valence-electron chi connectivity index (χ4n) is 21.2. The summed E-state index contributed by atoms with van der Waals surface area (Å²) in [6, 6.07) is 4.40. The number of carbonyl (C=O) groups is 4. The number of nitrogens with zero attached hydrogens (tertiary/aromatic N) is 2. The van der Waals surface area contributed by atoms with Crippen molar-refractivity contribution in [2.45, 2.75) is 211 Å². The highest BCUT2D eigenvalue weighted by Gasteiger charge is 2.74. The molecule has 396 valence electrons. The number of nitriles is 2. The fourth-order valence-corrected chi connectivity index (χ4v) is 22.3. The first-order valence-corrected chi connectivity index (χ1v) is 29.9. The van der Waals surface area contributed by atoms with Gasteiger partial charge in [-0.25, -0.2) is 13.1 Å². The van der Waals surface area contributed by atoms with Crippen molar-refractivity contribution in [1.82, 2.24) is 4.72 Å². The first kappa shape index (κ1) is 53.8. The maximum absolute atomic E-state index is 14.5. The van der Waals surface area contributed by atoms with Crippen LogP contribution in [0.4, 0.5) is 0 Å².